The number of anilines is 1. The Morgan fingerprint density at radius 2 is 1.96 bits per heavy atom. The maximum atomic E-state index is 12.7. The highest BCUT2D eigenvalue weighted by Crippen LogP contribution is 2.31. The lowest BCUT2D eigenvalue weighted by molar-refractivity contribution is -0.384. The monoisotopic (exact) mass is 473 g/mol. The summed E-state index contributed by atoms with van der Waals surface area (Å²) in [4.78, 5) is 22.7. The zero-order valence-corrected chi connectivity index (χ0v) is 17.2. The van der Waals surface area contributed by atoms with E-state index < -0.39 is 20.9 Å². The number of hydrogen-bond donors (Lipinski definition) is 1. The molecule has 0 radical (unpaired) electrons. The molecule has 2 aromatic rings. The number of piperidine rings is 1. The number of rotatable bonds is 5. The van der Waals surface area contributed by atoms with Crippen LogP contribution in [0.1, 0.15) is 12.8 Å². The molecule has 27 heavy (non-hydrogen) atoms. The van der Waals surface area contributed by atoms with Gasteiger partial charge in [-0.3, -0.25) is 14.9 Å². The first-order valence-corrected chi connectivity index (χ1v) is 11.1. The number of non-ortho nitro benzene ring substituents is 1. The highest BCUT2D eigenvalue weighted by Gasteiger charge is 2.34. The summed E-state index contributed by atoms with van der Waals surface area (Å²) in [5.74, 6) is -0.775. The van der Waals surface area contributed by atoms with Crippen LogP contribution in [0.4, 0.5) is 11.4 Å². The van der Waals surface area contributed by atoms with E-state index in [9.17, 15) is 23.3 Å². The van der Waals surface area contributed by atoms with Gasteiger partial charge in [0, 0.05) is 30.9 Å². The summed E-state index contributed by atoms with van der Waals surface area (Å²) in [5, 5.41) is 13.4. The number of sulfonamides is 1. The standard InChI is InChI=1S/C16H16BrN3O5S2/c17-14-7-8-15(26-14)27(24,25)19-9-1-2-11(10-19)16(21)18-12-3-5-13(6-4-12)20(22)23/h3-8,11H,1-2,9-10H2,(H,18,21). The number of carbonyl (C=O) groups excluding carboxylic acids is 1. The number of benzene rings is 1. The third-order valence-electron chi connectivity index (χ3n) is 4.24. The van der Waals surface area contributed by atoms with Crippen LogP contribution in [0.2, 0.25) is 0 Å². The quantitative estimate of drug-likeness (QED) is 0.527. The highest BCUT2D eigenvalue weighted by atomic mass is 79.9. The van der Waals surface area contributed by atoms with Gasteiger partial charge in [-0.1, -0.05) is 0 Å². The highest BCUT2D eigenvalue weighted by molar-refractivity contribution is 9.11. The Hall–Kier alpha value is -1.82. The lowest BCUT2D eigenvalue weighted by Crippen LogP contribution is -2.43. The second-order valence-electron chi connectivity index (χ2n) is 6.05. The number of nitro benzene ring substituents is 1. The summed E-state index contributed by atoms with van der Waals surface area (Å²) >= 11 is 4.40. The molecular formula is C16H16BrN3O5S2. The molecule has 1 saturated heterocycles. The summed E-state index contributed by atoms with van der Waals surface area (Å²) in [7, 11) is -3.63. The molecule has 1 atom stereocenters. The fourth-order valence-corrected chi connectivity index (χ4v) is 6.54. The molecule has 1 aromatic heterocycles. The maximum Gasteiger partial charge on any atom is 0.269 e. The molecule has 1 fully saturated rings. The van der Waals surface area contributed by atoms with E-state index in [-0.39, 0.29) is 22.3 Å². The van der Waals surface area contributed by atoms with E-state index >= 15 is 0 Å². The third-order valence-corrected chi connectivity index (χ3v) is 8.20. The molecule has 0 saturated carbocycles. The molecular weight excluding hydrogens is 458 g/mol. The Labute approximate surface area is 168 Å². The van der Waals surface area contributed by atoms with Crippen molar-refractivity contribution in [3.63, 3.8) is 0 Å². The Morgan fingerprint density at radius 3 is 2.56 bits per heavy atom. The van der Waals surface area contributed by atoms with Crippen LogP contribution in [-0.2, 0) is 14.8 Å². The van der Waals surface area contributed by atoms with E-state index in [1.54, 1.807) is 12.1 Å². The molecule has 11 heteroatoms. The van der Waals surface area contributed by atoms with Crippen molar-refractivity contribution in [3.05, 3.63) is 50.3 Å². The number of thiophene rings is 1. The SMILES string of the molecule is O=C(Nc1ccc([N+](=O)[O-])cc1)C1CCCN(S(=O)(=O)c2ccc(Br)s2)C1. The predicted octanol–water partition coefficient (Wildman–Crippen LogP) is 3.46. The third kappa shape index (κ3) is 4.54. The second kappa shape index (κ2) is 8.05. The summed E-state index contributed by atoms with van der Waals surface area (Å²) in [6, 6.07) is 8.75. The van der Waals surface area contributed by atoms with Crippen LogP contribution in [0.3, 0.4) is 0 Å². The van der Waals surface area contributed by atoms with E-state index in [1.807, 2.05) is 0 Å². The molecule has 144 valence electrons. The summed E-state index contributed by atoms with van der Waals surface area (Å²) in [6.45, 7) is 0.482. The van der Waals surface area contributed by atoms with Gasteiger partial charge in [0.2, 0.25) is 5.91 Å². The Kier molecular flexibility index (Phi) is 5.94. The molecule has 0 spiro atoms. The van der Waals surface area contributed by atoms with E-state index in [2.05, 4.69) is 21.2 Å². The first-order valence-electron chi connectivity index (χ1n) is 8.08. The fraction of sp³-hybridized carbons (Fsp3) is 0.312. The largest absolute Gasteiger partial charge is 0.326 e. The normalized spacial score (nSPS) is 18.2. The lowest BCUT2D eigenvalue weighted by atomic mass is 9.98. The van der Waals surface area contributed by atoms with Gasteiger partial charge >= 0.3 is 0 Å². The van der Waals surface area contributed by atoms with Crippen LogP contribution in [-0.4, -0.2) is 36.6 Å². The molecule has 1 amide bonds. The van der Waals surface area contributed by atoms with Crippen molar-refractivity contribution in [2.24, 2.45) is 5.92 Å². The van der Waals surface area contributed by atoms with Gasteiger partial charge in [0.15, 0.2) is 0 Å². The number of nitrogens with one attached hydrogen (secondary N) is 1. The number of hydrogen-bond acceptors (Lipinski definition) is 6. The Morgan fingerprint density at radius 1 is 1.26 bits per heavy atom. The smallest absolute Gasteiger partial charge is 0.269 e. The van der Waals surface area contributed by atoms with E-state index in [0.29, 0.717) is 25.1 Å². The molecule has 1 N–H and O–H groups in total. The second-order valence-corrected chi connectivity index (χ2v) is 10.7. The number of nitro groups is 1. The fourth-order valence-electron chi connectivity index (χ4n) is 2.85. The van der Waals surface area contributed by atoms with Gasteiger partial charge in [-0.25, -0.2) is 8.42 Å². The molecule has 8 nitrogen and oxygen atoms in total. The number of amides is 1. The number of carbonyl (C=O) groups is 1. The van der Waals surface area contributed by atoms with Crippen LogP contribution in [0.25, 0.3) is 0 Å². The summed E-state index contributed by atoms with van der Waals surface area (Å²) in [6.07, 6.45) is 1.17. The Bertz CT molecular complexity index is 959. The van der Waals surface area contributed by atoms with Crippen molar-refractivity contribution in [3.8, 4) is 0 Å². The van der Waals surface area contributed by atoms with Crippen LogP contribution in [0.15, 0.2) is 44.4 Å². The van der Waals surface area contributed by atoms with Crippen LogP contribution in [0.5, 0.6) is 0 Å². The predicted molar refractivity (Wildman–Crippen MR) is 105 cm³/mol. The van der Waals surface area contributed by atoms with Gasteiger partial charge in [-0.05, 0) is 53.0 Å². The number of halogens is 1. The van der Waals surface area contributed by atoms with Crippen molar-refractivity contribution in [1.29, 1.82) is 0 Å². The van der Waals surface area contributed by atoms with Gasteiger partial charge in [0.25, 0.3) is 15.7 Å². The molecule has 3 rings (SSSR count). The maximum absolute atomic E-state index is 12.7. The van der Waals surface area contributed by atoms with E-state index in [4.69, 9.17) is 0 Å². The zero-order valence-electron chi connectivity index (χ0n) is 14.0. The van der Waals surface area contributed by atoms with Crippen molar-refractivity contribution in [2.75, 3.05) is 18.4 Å². The van der Waals surface area contributed by atoms with Gasteiger partial charge in [0.1, 0.15) is 4.21 Å². The van der Waals surface area contributed by atoms with Crippen LogP contribution >= 0.6 is 27.3 Å². The molecule has 1 unspecified atom stereocenters. The average molecular weight is 474 g/mol. The summed E-state index contributed by atoms with van der Waals surface area (Å²) < 4.78 is 27.8. The molecule has 2 heterocycles. The molecule has 1 aromatic carbocycles. The molecule has 0 aliphatic carbocycles. The van der Waals surface area contributed by atoms with E-state index in [1.165, 1.54) is 28.6 Å². The van der Waals surface area contributed by atoms with Crippen molar-refractivity contribution in [2.45, 2.75) is 17.1 Å². The van der Waals surface area contributed by atoms with Crippen molar-refractivity contribution >= 4 is 54.6 Å². The van der Waals surface area contributed by atoms with Crippen LogP contribution < -0.4 is 5.32 Å². The topological polar surface area (TPSA) is 110 Å². The average Bonchev–Trinajstić information content (AvgIpc) is 3.09. The summed E-state index contributed by atoms with van der Waals surface area (Å²) in [5.41, 5.74) is 0.373. The van der Waals surface area contributed by atoms with Gasteiger partial charge in [-0.2, -0.15) is 4.31 Å². The Balaban J connectivity index is 1.68. The molecule has 1 aliphatic rings. The van der Waals surface area contributed by atoms with Gasteiger partial charge in [0.05, 0.1) is 14.6 Å². The minimum atomic E-state index is -3.63. The molecule has 1 aliphatic heterocycles. The van der Waals surface area contributed by atoms with E-state index in [0.717, 1.165) is 15.1 Å². The molecule has 0 bridgehead atoms. The minimum Gasteiger partial charge on any atom is -0.326 e. The zero-order chi connectivity index (χ0) is 19.6. The first-order chi connectivity index (χ1) is 12.8. The number of nitrogens with zero attached hydrogens (tertiary/aromatic N) is 2. The van der Waals surface area contributed by atoms with Gasteiger partial charge < -0.3 is 5.32 Å². The van der Waals surface area contributed by atoms with Gasteiger partial charge in [-0.15, -0.1) is 11.3 Å². The first kappa shape index (κ1) is 19.9. The van der Waals surface area contributed by atoms with Crippen molar-refractivity contribution in [1.82, 2.24) is 4.31 Å². The van der Waals surface area contributed by atoms with Crippen LogP contribution in [0, 0.1) is 16.0 Å². The minimum absolute atomic E-state index is 0.0648. The van der Waals surface area contributed by atoms with Crippen molar-refractivity contribution < 1.29 is 18.1 Å². The lowest BCUT2D eigenvalue weighted by Gasteiger charge is -2.30.